The Hall–Kier alpha value is -0.890. The van der Waals surface area contributed by atoms with E-state index in [0.29, 0.717) is 0 Å². The number of rotatable bonds is 8. The van der Waals surface area contributed by atoms with Gasteiger partial charge in [-0.05, 0) is 31.0 Å². The lowest BCUT2D eigenvalue weighted by Gasteiger charge is -2.13. The number of ether oxygens (including phenoxy) is 1. The van der Waals surface area contributed by atoms with Gasteiger partial charge in [-0.1, -0.05) is 38.3 Å². The van der Waals surface area contributed by atoms with Gasteiger partial charge in [-0.25, -0.2) is 0 Å². The molecule has 0 unspecified atom stereocenters. The summed E-state index contributed by atoms with van der Waals surface area (Å²) in [6.45, 7) is 6.02. The highest BCUT2D eigenvalue weighted by Gasteiger charge is 2.03. The van der Waals surface area contributed by atoms with Gasteiger partial charge >= 0.3 is 0 Å². The average molecular weight is 256 g/mol. The molecule has 0 aromatic heterocycles. The predicted molar refractivity (Wildman–Crippen MR) is 75.3 cm³/mol. The molecule has 1 N–H and O–H groups in total. The molecule has 0 radical (unpaired) electrons. The second kappa shape index (κ2) is 8.24. The molecule has 0 heterocycles. The van der Waals surface area contributed by atoms with E-state index in [9.17, 15) is 0 Å². The van der Waals surface area contributed by atoms with Crippen molar-refractivity contribution in [2.45, 2.75) is 39.5 Å². The van der Waals surface area contributed by atoms with E-state index < -0.39 is 0 Å². The van der Waals surface area contributed by atoms with E-state index in [-0.39, 0.29) is 0 Å². The molecule has 1 rings (SSSR count). The number of unbranched alkanes of at least 4 members (excludes halogenated alkanes) is 2. The quantitative estimate of drug-likeness (QED) is 0.678. The van der Waals surface area contributed by atoms with Crippen LogP contribution in [0.1, 0.15) is 39.5 Å². The van der Waals surface area contributed by atoms with Crippen molar-refractivity contribution >= 4 is 17.3 Å². The monoisotopic (exact) mass is 255 g/mol. The first-order chi connectivity index (χ1) is 8.27. The van der Waals surface area contributed by atoms with Gasteiger partial charge in [0, 0.05) is 11.6 Å². The number of benzene rings is 1. The topological polar surface area (TPSA) is 21.3 Å². The third-order valence-corrected chi connectivity index (χ3v) is 2.73. The maximum atomic E-state index is 6.00. The first kappa shape index (κ1) is 14.2. The van der Waals surface area contributed by atoms with Crippen LogP contribution in [0.5, 0.6) is 5.75 Å². The van der Waals surface area contributed by atoms with E-state index in [0.717, 1.165) is 36.0 Å². The Bertz CT molecular complexity index is 328. The minimum Gasteiger partial charge on any atom is -0.491 e. The number of anilines is 1. The molecule has 0 saturated heterocycles. The van der Waals surface area contributed by atoms with Gasteiger partial charge in [-0.3, -0.25) is 0 Å². The normalized spacial score (nSPS) is 10.3. The van der Waals surface area contributed by atoms with Crippen LogP contribution in [-0.4, -0.2) is 13.2 Å². The lowest BCUT2D eigenvalue weighted by Crippen LogP contribution is -2.04. The van der Waals surface area contributed by atoms with Crippen molar-refractivity contribution in [3.63, 3.8) is 0 Å². The highest BCUT2D eigenvalue weighted by Crippen LogP contribution is 2.28. The summed E-state index contributed by atoms with van der Waals surface area (Å²) in [5.41, 5.74) is 1.00. The number of hydrogen-bond donors (Lipinski definition) is 1. The lowest BCUT2D eigenvalue weighted by atomic mass is 10.2. The second-order valence-corrected chi connectivity index (χ2v) is 4.56. The second-order valence-electron chi connectivity index (χ2n) is 4.12. The van der Waals surface area contributed by atoms with E-state index in [2.05, 4.69) is 19.2 Å². The minimum absolute atomic E-state index is 0.741. The van der Waals surface area contributed by atoms with Gasteiger partial charge in [0.2, 0.25) is 0 Å². The molecule has 0 spiro atoms. The van der Waals surface area contributed by atoms with Crippen LogP contribution in [0, 0.1) is 0 Å². The summed E-state index contributed by atoms with van der Waals surface area (Å²) in [6, 6.07) is 5.72. The highest BCUT2D eigenvalue weighted by atomic mass is 35.5. The van der Waals surface area contributed by atoms with Gasteiger partial charge in [0.15, 0.2) is 0 Å². The zero-order valence-electron chi connectivity index (χ0n) is 10.8. The van der Waals surface area contributed by atoms with Crippen LogP contribution in [0.3, 0.4) is 0 Å². The zero-order chi connectivity index (χ0) is 12.5. The summed E-state index contributed by atoms with van der Waals surface area (Å²) in [6.07, 6.45) is 4.67. The number of nitrogens with one attached hydrogen (secondary N) is 1. The van der Waals surface area contributed by atoms with Gasteiger partial charge < -0.3 is 10.1 Å². The summed E-state index contributed by atoms with van der Waals surface area (Å²) in [7, 11) is 0. The summed E-state index contributed by atoms with van der Waals surface area (Å²) >= 11 is 6.00. The van der Waals surface area contributed by atoms with Crippen LogP contribution in [-0.2, 0) is 0 Å². The molecular formula is C14H22ClNO. The smallest absolute Gasteiger partial charge is 0.142 e. The molecule has 0 aliphatic rings. The Morgan fingerprint density at radius 2 is 2.00 bits per heavy atom. The van der Waals surface area contributed by atoms with Crippen LogP contribution in [0.4, 0.5) is 5.69 Å². The average Bonchev–Trinajstić information content (AvgIpc) is 2.33. The summed E-state index contributed by atoms with van der Waals surface area (Å²) in [4.78, 5) is 0. The Morgan fingerprint density at radius 1 is 1.18 bits per heavy atom. The SMILES string of the molecule is CCCCCNc1cc(Cl)ccc1OCCC. The first-order valence-electron chi connectivity index (χ1n) is 6.44. The molecule has 0 fully saturated rings. The summed E-state index contributed by atoms with van der Waals surface area (Å²) in [5, 5.41) is 4.13. The molecule has 2 nitrogen and oxygen atoms in total. The van der Waals surface area contributed by atoms with E-state index >= 15 is 0 Å². The number of hydrogen-bond acceptors (Lipinski definition) is 2. The minimum atomic E-state index is 0.741. The van der Waals surface area contributed by atoms with E-state index in [1.165, 1.54) is 19.3 Å². The van der Waals surface area contributed by atoms with Crippen molar-refractivity contribution in [3.05, 3.63) is 23.2 Å². The number of halogens is 1. The van der Waals surface area contributed by atoms with Crippen molar-refractivity contribution in [3.8, 4) is 5.75 Å². The molecule has 1 aromatic carbocycles. The molecule has 0 amide bonds. The van der Waals surface area contributed by atoms with Gasteiger partial charge in [0.25, 0.3) is 0 Å². The van der Waals surface area contributed by atoms with Crippen molar-refractivity contribution in [1.82, 2.24) is 0 Å². The van der Waals surface area contributed by atoms with E-state index in [1.54, 1.807) is 0 Å². The van der Waals surface area contributed by atoms with Crippen molar-refractivity contribution in [1.29, 1.82) is 0 Å². The third-order valence-electron chi connectivity index (χ3n) is 2.50. The predicted octanol–water partition coefficient (Wildman–Crippen LogP) is 4.73. The molecule has 3 heteroatoms. The van der Waals surface area contributed by atoms with Gasteiger partial charge in [0.05, 0.1) is 12.3 Å². The molecule has 0 saturated carbocycles. The lowest BCUT2D eigenvalue weighted by molar-refractivity contribution is 0.319. The molecule has 96 valence electrons. The van der Waals surface area contributed by atoms with E-state index in [1.807, 2.05) is 18.2 Å². The zero-order valence-corrected chi connectivity index (χ0v) is 11.5. The Labute approximate surface area is 109 Å². The molecular weight excluding hydrogens is 234 g/mol. The van der Waals surface area contributed by atoms with Crippen LogP contribution in [0.2, 0.25) is 5.02 Å². The fourth-order valence-corrected chi connectivity index (χ4v) is 1.75. The molecule has 1 aromatic rings. The Morgan fingerprint density at radius 3 is 2.71 bits per heavy atom. The fourth-order valence-electron chi connectivity index (χ4n) is 1.58. The van der Waals surface area contributed by atoms with Crippen molar-refractivity contribution in [2.24, 2.45) is 0 Å². The third kappa shape index (κ3) is 5.31. The maximum absolute atomic E-state index is 6.00. The molecule has 0 bridgehead atoms. The van der Waals surface area contributed by atoms with Crippen LogP contribution < -0.4 is 10.1 Å². The fraction of sp³-hybridized carbons (Fsp3) is 0.571. The highest BCUT2D eigenvalue weighted by molar-refractivity contribution is 6.30. The van der Waals surface area contributed by atoms with Crippen LogP contribution in [0.15, 0.2) is 18.2 Å². The molecule has 0 aliphatic carbocycles. The van der Waals surface area contributed by atoms with Gasteiger partial charge in [-0.2, -0.15) is 0 Å². The standard InChI is InChI=1S/C14H22ClNO/c1-3-5-6-9-16-13-11-12(15)7-8-14(13)17-10-4-2/h7-8,11,16H,3-6,9-10H2,1-2H3. The van der Waals surface area contributed by atoms with Crippen LogP contribution in [0.25, 0.3) is 0 Å². The Kier molecular flexibility index (Phi) is 6.87. The maximum Gasteiger partial charge on any atom is 0.142 e. The van der Waals surface area contributed by atoms with Crippen molar-refractivity contribution < 1.29 is 4.74 Å². The molecule has 17 heavy (non-hydrogen) atoms. The van der Waals surface area contributed by atoms with Crippen LogP contribution >= 0.6 is 11.6 Å². The first-order valence-corrected chi connectivity index (χ1v) is 6.82. The summed E-state index contributed by atoms with van der Waals surface area (Å²) in [5.74, 6) is 0.896. The molecule has 0 aliphatic heterocycles. The largest absolute Gasteiger partial charge is 0.491 e. The summed E-state index contributed by atoms with van der Waals surface area (Å²) < 4.78 is 5.68. The van der Waals surface area contributed by atoms with Gasteiger partial charge in [0.1, 0.15) is 5.75 Å². The Balaban J connectivity index is 2.56. The van der Waals surface area contributed by atoms with Crippen molar-refractivity contribution in [2.75, 3.05) is 18.5 Å². The van der Waals surface area contributed by atoms with Gasteiger partial charge in [-0.15, -0.1) is 0 Å². The van der Waals surface area contributed by atoms with E-state index in [4.69, 9.17) is 16.3 Å². The molecule has 0 atom stereocenters.